The molecule has 3 rings (SSSR count). The van der Waals surface area contributed by atoms with Gasteiger partial charge in [-0.2, -0.15) is 0 Å². The van der Waals surface area contributed by atoms with Crippen molar-refractivity contribution in [3.63, 3.8) is 0 Å². The molecule has 2 fully saturated rings. The Kier molecular flexibility index (Phi) is 5.48. The molecule has 0 unspecified atom stereocenters. The third kappa shape index (κ3) is 3.61. The van der Waals surface area contributed by atoms with Crippen LogP contribution >= 0.6 is 0 Å². The van der Waals surface area contributed by atoms with Crippen molar-refractivity contribution in [3.8, 4) is 0 Å². The highest BCUT2D eigenvalue weighted by atomic mass is 16.5. The van der Waals surface area contributed by atoms with Crippen molar-refractivity contribution >= 4 is 5.97 Å². The Morgan fingerprint density at radius 1 is 1.46 bits per heavy atom. The van der Waals surface area contributed by atoms with Crippen molar-refractivity contribution in [2.75, 3.05) is 46.4 Å². The van der Waals surface area contributed by atoms with Crippen molar-refractivity contribution in [2.45, 2.75) is 19.4 Å². The Hall–Kier alpha value is -1.50. The quantitative estimate of drug-likeness (QED) is 0.847. The van der Waals surface area contributed by atoms with E-state index >= 15 is 0 Å². The Balaban J connectivity index is 1.72. The van der Waals surface area contributed by atoms with Gasteiger partial charge in [0.05, 0.1) is 12.0 Å². The van der Waals surface area contributed by atoms with E-state index in [1.807, 2.05) is 12.3 Å². The van der Waals surface area contributed by atoms with Crippen LogP contribution in [0.3, 0.4) is 0 Å². The van der Waals surface area contributed by atoms with Crippen molar-refractivity contribution in [1.29, 1.82) is 0 Å². The molecule has 6 nitrogen and oxygen atoms in total. The first kappa shape index (κ1) is 17.3. The lowest BCUT2D eigenvalue weighted by molar-refractivity contribution is -0.151. The number of aliphatic carboxylic acids is 1. The zero-order chi connectivity index (χ0) is 17.0. The molecule has 0 radical (unpaired) electrons. The number of rotatable bonds is 6. The van der Waals surface area contributed by atoms with Crippen LogP contribution in [0.25, 0.3) is 0 Å². The summed E-state index contributed by atoms with van der Waals surface area (Å²) in [4.78, 5) is 21.0. The maximum atomic E-state index is 12.1. The number of likely N-dealkylation sites (tertiary alicyclic amines) is 2. The fraction of sp³-hybridized carbons (Fsp3) is 0.667. The van der Waals surface area contributed by atoms with E-state index in [4.69, 9.17) is 4.74 Å². The lowest BCUT2D eigenvalue weighted by Gasteiger charge is -2.29. The lowest BCUT2D eigenvalue weighted by atomic mass is 9.75. The zero-order valence-electron chi connectivity index (χ0n) is 14.4. The summed E-state index contributed by atoms with van der Waals surface area (Å²) in [7, 11) is 1.71. The molecule has 0 aliphatic carbocycles. The minimum atomic E-state index is -0.630. The number of methoxy groups -OCH3 is 1. The molecule has 0 aromatic carbocycles. The zero-order valence-corrected chi connectivity index (χ0v) is 14.4. The second kappa shape index (κ2) is 7.59. The average Bonchev–Trinajstić information content (AvgIpc) is 2.82. The molecular formula is C18H27N3O3. The first-order valence-corrected chi connectivity index (χ1v) is 8.70. The molecule has 2 aliphatic rings. The molecule has 132 valence electrons. The van der Waals surface area contributed by atoms with E-state index < -0.39 is 11.4 Å². The maximum absolute atomic E-state index is 12.1. The summed E-state index contributed by atoms with van der Waals surface area (Å²) in [5.74, 6) is -0.458. The fourth-order valence-electron chi connectivity index (χ4n) is 4.26. The molecular weight excluding hydrogens is 306 g/mol. The van der Waals surface area contributed by atoms with Gasteiger partial charge in [-0.3, -0.25) is 14.7 Å². The van der Waals surface area contributed by atoms with Gasteiger partial charge in [-0.25, -0.2) is 0 Å². The number of carboxylic acids is 1. The summed E-state index contributed by atoms with van der Waals surface area (Å²) in [6.45, 7) is 5.65. The Morgan fingerprint density at radius 3 is 3.00 bits per heavy atom. The second-order valence-electron chi connectivity index (χ2n) is 7.09. The summed E-state index contributed by atoms with van der Waals surface area (Å²) >= 11 is 0. The number of ether oxygens (including phenoxy) is 1. The highest BCUT2D eigenvalue weighted by Gasteiger charge is 2.53. The molecule has 0 amide bonds. The molecule has 1 aromatic rings. The summed E-state index contributed by atoms with van der Waals surface area (Å²) in [5.41, 5.74) is 0.537. The second-order valence-corrected chi connectivity index (χ2v) is 7.09. The molecule has 0 spiro atoms. The van der Waals surface area contributed by atoms with Gasteiger partial charge in [0.1, 0.15) is 0 Å². The summed E-state index contributed by atoms with van der Waals surface area (Å²) < 4.78 is 5.19. The smallest absolute Gasteiger partial charge is 0.311 e. The first-order valence-electron chi connectivity index (χ1n) is 8.70. The molecule has 1 aromatic heterocycles. The van der Waals surface area contributed by atoms with Crippen LogP contribution in [0.4, 0.5) is 0 Å². The van der Waals surface area contributed by atoms with Crippen LogP contribution < -0.4 is 0 Å². The highest BCUT2D eigenvalue weighted by Crippen LogP contribution is 2.43. The van der Waals surface area contributed by atoms with Gasteiger partial charge in [0.25, 0.3) is 0 Å². The van der Waals surface area contributed by atoms with Crippen LogP contribution in [-0.4, -0.2) is 72.3 Å². The van der Waals surface area contributed by atoms with E-state index in [1.54, 1.807) is 13.3 Å². The van der Waals surface area contributed by atoms with Crippen LogP contribution in [0.15, 0.2) is 24.5 Å². The van der Waals surface area contributed by atoms with E-state index in [0.717, 1.165) is 51.1 Å². The summed E-state index contributed by atoms with van der Waals surface area (Å²) in [5, 5.41) is 9.99. The number of aromatic nitrogens is 1. The minimum absolute atomic E-state index is 0.172. The van der Waals surface area contributed by atoms with Gasteiger partial charge in [0.2, 0.25) is 0 Å². The monoisotopic (exact) mass is 333 g/mol. The molecule has 24 heavy (non-hydrogen) atoms. The van der Waals surface area contributed by atoms with Gasteiger partial charge in [0.15, 0.2) is 0 Å². The van der Waals surface area contributed by atoms with Crippen molar-refractivity contribution in [1.82, 2.24) is 14.8 Å². The van der Waals surface area contributed by atoms with Crippen LogP contribution in [0.2, 0.25) is 0 Å². The minimum Gasteiger partial charge on any atom is -0.481 e. The molecule has 2 atom stereocenters. The molecule has 2 aliphatic heterocycles. The Labute approximate surface area is 143 Å². The van der Waals surface area contributed by atoms with Crippen molar-refractivity contribution in [3.05, 3.63) is 30.1 Å². The molecule has 3 heterocycles. The number of pyridine rings is 1. The highest BCUT2D eigenvalue weighted by molar-refractivity contribution is 5.76. The van der Waals surface area contributed by atoms with Gasteiger partial charge in [-0.15, -0.1) is 0 Å². The number of carboxylic acid groups (broad SMARTS) is 1. The number of hydrogen-bond acceptors (Lipinski definition) is 5. The largest absolute Gasteiger partial charge is 0.481 e. The molecule has 6 heteroatoms. The predicted molar refractivity (Wildman–Crippen MR) is 90.6 cm³/mol. The maximum Gasteiger partial charge on any atom is 0.311 e. The average molecular weight is 333 g/mol. The van der Waals surface area contributed by atoms with Crippen molar-refractivity contribution in [2.24, 2.45) is 11.3 Å². The van der Waals surface area contributed by atoms with Gasteiger partial charge in [-0.05, 0) is 31.0 Å². The first-order chi connectivity index (χ1) is 11.6. The fourth-order valence-corrected chi connectivity index (χ4v) is 4.26. The van der Waals surface area contributed by atoms with E-state index in [1.165, 1.54) is 0 Å². The van der Waals surface area contributed by atoms with Gasteiger partial charge in [-0.1, -0.05) is 6.07 Å². The van der Waals surface area contributed by atoms with Crippen molar-refractivity contribution < 1.29 is 14.6 Å². The SMILES string of the molecule is COCCN1CCC[C@]2(C(=O)O)CN(Cc3cccnc3)C[C@@H]2C1. The summed E-state index contributed by atoms with van der Waals surface area (Å²) in [6, 6.07) is 3.99. The predicted octanol–water partition coefficient (Wildman–Crippen LogP) is 1.33. The van der Waals surface area contributed by atoms with Crippen LogP contribution in [0.1, 0.15) is 18.4 Å². The number of carbonyl (C=O) groups is 1. The molecule has 0 saturated carbocycles. The van der Waals surface area contributed by atoms with Gasteiger partial charge >= 0.3 is 5.97 Å². The molecule has 2 saturated heterocycles. The Morgan fingerprint density at radius 2 is 2.29 bits per heavy atom. The third-order valence-electron chi connectivity index (χ3n) is 5.51. The number of nitrogens with zero attached hydrogens (tertiary/aromatic N) is 3. The van der Waals surface area contributed by atoms with Crippen LogP contribution in [0, 0.1) is 11.3 Å². The van der Waals surface area contributed by atoms with Gasteiger partial charge in [0, 0.05) is 58.1 Å². The third-order valence-corrected chi connectivity index (χ3v) is 5.51. The standard InChI is InChI=1S/C18H27N3O3/c1-24-9-8-20-7-3-5-18(17(22)23)14-21(13-16(18)12-20)11-15-4-2-6-19-10-15/h2,4,6,10,16H,3,5,7-9,11-14H2,1H3,(H,22,23)/t16-,18-/m0/s1. The summed E-state index contributed by atoms with van der Waals surface area (Å²) in [6.07, 6.45) is 5.34. The molecule has 1 N–H and O–H groups in total. The Bertz CT molecular complexity index is 554. The number of hydrogen-bond donors (Lipinski definition) is 1. The van der Waals surface area contributed by atoms with Crippen LogP contribution in [-0.2, 0) is 16.1 Å². The normalized spacial score (nSPS) is 28.5. The topological polar surface area (TPSA) is 65.9 Å². The van der Waals surface area contributed by atoms with E-state index in [9.17, 15) is 9.90 Å². The van der Waals surface area contributed by atoms with Crippen LogP contribution in [0.5, 0.6) is 0 Å². The molecule has 0 bridgehead atoms. The van der Waals surface area contributed by atoms with Gasteiger partial charge < -0.3 is 14.7 Å². The lowest BCUT2D eigenvalue weighted by Crippen LogP contribution is -2.41. The number of fused-ring (bicyclic) bond motifs is 1. The van der Waals surface area contributed by atoms with E-state index in [-0.39, 0.29) is 5.92 Å². The van der Waals surface area contributed by atoms with E-state index in [0.29, 0.717) is 13.2 Å². The van der Waals surface area contributed by atoms with E-state index in [2.05, 4.69) is 20.9 Å².